The van der Waals surface area contributed by atoms with Crippen LogP contribution in [-0.2, 0) is 23.9 Å². The molecular formula is C25H22N2O7. The fourth-order valence-electron chi connectivity index (χ4n) is 3.33. The second-order valence-electron chi connectivity index (χ2n) is 7.27. The monoisotopic (exact) mass is 462 g/mol. The van der Waals surface area contributed by atoms with Crippen molar-refractivity contribution in [1.29, 1.82) is 5.26 Å². The molecule has 0 spiro atoms. The SMILES string of the molecule is CCOC(=O)c1ccc(-c2ccc(/C=C3/C(=O)N(CCOC(C)=O)C(=O)C(C#N)=C3C)o2)cc1. The molecule has 1 aliphatic rings. The Morgan fingerprint density at radius 1 is 1.09 bits per heavy atom. The minimum Gasteiger partial charge on any atom is -0.464 e. The molecule has 1 aliphatic heterocycles. The molecule has 0 bridgehead atoms. The first kappa shape index (κ1) is 24.2. The molecule has 9 heteroatoms. The molecule has 0 N–H and O–H groups in total. The zero-order valence-corrected chi connectivity index (χ0v) is 18.9. The predicted octanol–water partition coefficient (Wildman–Crippen LogP) is 3.28. The number of esters is 2. The lowest BCUT2D eigenvalue weighted by molar-refractivity contribution is -0.147. The number of ether oxygens (including phenoxy) is 2. The topological polar surface area (TPSA) is 127 Å². The van der Waals surface area contributed by atoms with Gasteiger partial charge in [0.25, 0.3) is 11.8 Å². The summed E-state index contributed by atoms with van der Waals surface area (Å²) >= 11 is 0. The number of furan rings is 1. The van der Waals surface area contributed by atoms with Crippen molar-refractivity contribution in [2.45, 2.75) is 20.8 Å². The van der Waals surface area contributed by atoms with Gasteiger partial charge < -0.3 is 13.9 Å². The average Bonchev–Trinajstić information content (AvgIpc) is 3.28. The summed E-state index contributed by atoms with van der Waals surface area (Å²) in [5.41, 5.74) is 1.30. The van der Waals surface area contributed by atoms with E-state index in [0.717, 1.165) is 4.90 Å². The summed E-state index contributed by atoms with van der Waals surface area (Å²) in [6, 6.07) is 11.9. The van der Waals surface area contributed by atoms with Crippen LogP contribution in [0.1, 0.15) is 36.9 Å². The van der Waals surface area contributed by atoms with Crippen LogP contribution in [0.5, 0.6) is 0 Å². The van der Waals surface area contributed by atoms with Crippen molar-refractivity contribution >= 4 is 29.8 Å². The van der Waals surface area contributed by atoms with Crippen molar-refractivity contribution in [3.8, 4) is 17.4 Å². The fraction of sp³-hybridized carbons (Fsp3) is 0.240. The van der Waals surface area contributed by atoms with Gasteiger partial charge in [-0.25, -0.2) is 4.79 Å². The van der Waals surface area contributed by atoms with E-state index in [0.29, 0.717) is 22.6 Å². The van der Waals surface area contributed by atoms with Gasteiger partial charge in [0.2, 0.25) is 0 Å². The van der Waals surface area contributed by atoms with Gasteiger partial charge in [-0.1, -0.05) is 12.1 Å². The van der Waals surface area contributed by atoms with Crippen molar-refractivity contribution < 1.29 is 33.1 Å². The Balaban J connectivity index is 1.88. The van der Waals surface area contributed by atoms with E-state index in [9.17, 15) is 24.4 Å². The number of hydrogen-bond acceptors (Lipinski definition) is 8. The van der Waals surface area contributed by atoms with Gasteiger partial charge in [-0.3, -0.25) is 19.3 Å². The molecule has 174 valence electrons. The molecule has 3 rings (SSSR count). The number of imide groups is 1. The Morgan fingerprint density at radius 2 is 1.79 bits per heavy atom. The van der Waals surface area contributed by atoms with E-state index in [1.54, 1.807) is 43.3 Å². The highest BCUT2D eigenvalue weighted by molar-refractivity contribution is 6.19. The van der Waals surface area contributed by atoms with Crippen LogP contribution in [0.15, 0.2) is 57.5 Å². The Morgan fingerprint density at radius 3 is 2.41 bits per heavy atom. The van der Waals surface area contributed by atoms with Crippen LogP contribution < -0.4 is 0 Å². The van der Waals surface area contributed by atoms with Crippen molar-refractivity contribution in [1.82, 2.24) is 4.90 Å². The maximum atomic E-state index is 13.0. The van der Waals surface area contributed by atoms with E-state index in [1.165, 1.54) is 19.9 Å². The highest BCUT2D eigenvalue weighted by Crippen LogP contribution is 2.29. The number of amides is 2. The van der Waals surface area contributed by atoms with Gasteiger partial charge in [-0.05, 0) is 49.8 Å². The molecule has 0 aliphatic carbocycles. The van der Waals surface area contributed by atoms with Crippen molar-refractivity contribution in [2.24, 2.45) is 0 Å². The van der Waals surface area contributed by atoms with Gasteiger partial charge in [0.05, 0.1) is 18.7 Å². The molecule has 0 fully saturated rings. The van der Waals surface area contributed by atoms with Crippen LogP contribution in [0.25, 0.3) is 17.4 Å². The smallest absolute Gasteiger partial charge is 0.338 e. The van der Waals surface area contributed by atoms with Crippen LogP contribution in [0, 0.1) is 11.3 Å². The van der Waals surface area contributed by atoms with Crippen LogP contribution in [0.3, 0.4) is 0 Å². The van der Waals surface area contributed by atoms with E-state index in [1.807, 2.05) is 6.07 Å². The molecule has 34 heavy (non-hydrogen) atoms. The first-order valence-electron chi connectivity index (χ1n) is 10.5. The van der Waals surface area contributed by atoms with Crippen molar-refractivity contribution in [3.63, 3.8) is 0 Å². The minimum atomic E-state index is -0.740. The lowest BCUT2D eigenvalue weighted by Gasteiger charge is -2.27. The number of carbonyl (C=O) groups is 4. The highest BCUT2D eigenvalue weighted by Gasteiger charge is 2.35. The number of hydrogen-bond donors (Lipinski definition) is 0. The maximum absolute atomic E-state index is 13.0. The molecule has 1 aromatic carbocycles. The molecule has 0 saturated carbocycles. The second kappa shape index (κ2) is 10.4. The van der Waals surface area contributed by atoms with Gasteiger partial charge in [-0.2, -0.15) is 5.26 Å². The molecule has 2 aromatic rings. The molecular weight excluding hydrogens is 440 g/mol. The van der Waals surface area contributed by atoms with Crippen LogP contribution in [0.2, 0.25) is 0 Å². The van der Waals surface area contributed by atoms with Gasteiger partial charge in [0.15, 0.2) is 0 Å². The first-order chi connectivity index (χ1) is 16.3. The Kier molecular flexibility index (Phi) is 7.43. The Labute approximate surface area is 195 Å². The van der Waals surface area contributed by atoms with E-state index in [4.69, 9.17) is 13.9 Å². The summed E-state index contributed by atoms with van der Waals surface area (Å²) < 4.78 is 15.6. The molecule has 0 unspecified atom stereocenters. The predicted molar refractivity (Wildman–Crippen MR) is 120 cm³/mol. The van der Waals surface area contributed by atoms with Crippen LogP contribution >= 0.6 is 0 Å². The number of nitrogens with zero attached hydrogens (tertiary/aromatic N) is 2. The van der Waals surface area contributed by atoms with Gasteiger partial charge in [-0.15, -0.1) is 0 Å². The van der Waals surface area contributed by atoms with E-state index < -0.39 is 23.8 Å². The highest BCUT2D eigenvalue weighted by atomic mass is 16.5. The molecule has 2 heterocycles. The summed E-state index contributed by atoms with van der Waals surface area (Å²) in [5, 5.41) is 9.45. The van der Waals surface area contributed by atoms with Gasteiger partial charge in [0.1, 0.15) is 29.8 Å². The fourth-order valence-corrected chi connectivity index (χ4v) is 3.33. The van der Waals surface area contributed by atoms with Crippen molar-refractivity contribution in [3.05, 3.63) is 64.4 Å². The molecule has 0 radical (unpaired) electrons. The molecule has 0 saturated heterocycles. The zero-order chi connectivity index (χ0) is 24.8. The second-order valence-corrected chi connectivity index (χ2v) is 7.27. The summed E-state index contributed by atoms with van der Waals surface area (Å²) in [6.07, 6.45) is 1.46. The molecule has 2 amide bonds. The molecule has 9 nitrogen and oxygen atoms in total. The minimum absolute atomic E-state index is 0.123. The number of carbonyl (C=O) groups excluding carboxylic acids is 4. The largest absolute Gasteiger partial charge is 0.464 e. The number of benzene rings is 1. The summed E-state index contributed by atoms with van der Waals surface area (Å²) in [6.45, 7) is 4.39. The van der Waals surface area contributed by atoms with Crippen LogP contribution in [0.4, 0.5) is 0 Å². The standard InChI is InChI=1S/C25H22N2O7/c1-4-32-25(31)18-7-5-17(6-8-18)22-10-9-19(34-22)13-20-15(2)21(14-26)24(30)27(23(20)29)11-12-33-16(3)28/h5-10,13H,4,11-12H2,1-3H3/b20-13+. The molecule has 0 atom stereocenters. The third kappa shape index (κ3) is 5.13. The third-order valence-corrected chi connectivity index (χ3v) is 5.04. The van der Waals surface area contributed by atoms with E-state index in [-0.39, 0.29) is 36.5 Å². The van der Waals surface area contributed by atoms with Gasteiger partial charge >= 0.3 is 11.9 Å². The number of rotatable bonds is 7. The lowest BCUT2D eigenvalue weighted by atomic mass is 9.94. The van der Waals surface area contributed by atoms with Crippen molar-refractivity contribution in [2.75, 3.05) is 19.8 Å². The normalized spacial score (nSPS) is 14.9. The maximum Gasteiger partial charge on any atom is 0.338 e. The number of nitriles is 1. The van der Waals surface area contributed by atoms with Gasteiger partial charge in [0, 0.05) is 18.1 Å². The summed E-state index contributed by atoms with van der Waals surface area (Å²) in [4.78, 5) is 49.2. The summed E-state index contributed by atoms with van der Waals surface area (Å²) in [7, 11) is 0. The van der Waals surface area contributed by atoms with Crippen LogP contribution in [-0.4, -0.2) is 48.4 Å². The Hall–Kier alpha value is -4.45. The molecule has 1 aromatic heterocycles. The summed E-state index contributed by atoms with van der Waals surface area (Å²) in [5.74, 6) is -1.49. The Bertz CT molecular complexity index is 1240. The third-order valence-electron chi connectivity index (χ3n) is 5.04. The van der Waals surface area contributed by atoms with E-state index in [2.05, 4.69) is 0 Å². The quantitative estimate of drug-likeness (QED) is 0.348. The van der Waals surface area contributed by atoms with E-state index >= 15 is 0 Å². The lowest BCUT2D eigenvalue weighted by Crippen LogP contribution is -2.44. The zero-order valence-electron chi connectivity index (χ0n) is 18.9. The average molecular weight is 462 g/mol. The first-order valence-corrected chi connectivity index (χ1v) is 10.5.